The molecule has 0 saturated carbocycles. The van der Waals surface area contributed by atoms with E-state index in [1.54, 1.807) is 19.5 Å². The van der Waals surface area contributed by atoms with E-state index >= 15 is 0 Å². The van der Waals surface area contributed by atoms with Crippen molar-refractivity contribution in [3.63, 3.8) is 0 Å². The van der Waals surface area contributed by atoms with Crippen LogP contribution in [0.4, 0.5) is 5.95 Å². The normalized spacial score (nSPS) is 10.9. The molecule has 4 heterocycles. The first-order chi connectivity index (χ1) is 13.2. The maximum absolute atomic E-state index is 6.06. The lowest BCUT2D eigenvalue weighted by atomic mass is 10.1. The average Bonchev–Trinajstić information content (AvgIpc) is 3.09. The standard InChI is InChI=1S/C19H17ClN6O/c1-27-18-13(3-2-4-21-18)9-26-19-24-7-12(8-25-19)5-14-10-22-17-16(14)6-15(20)11-23-17/h2-4,6-8,10-11H,5,9H2,1H3,(H,22,23)(H,24,25,26). The van der Waals surface area contributed by atoms with E-state index < -0.39 is 0 Å². The predicted molar refractivity (Wildman–Crippen MR) is 104 cm³/mol. The Morgan fingerprint density at radius 2 is 1.96 bits per heavy atom. The van der Waals surface area contributed by atoms with Gasteiger partial charge in [-0.3, -0.25) is 0 Å². The summed E-state index contributed by atoms with van der Waals surface area (Å²) in [4.78, 5) is 20.4. The van der Waals surface area contributed by atoms with E-state index in [1.807, 2.05) is 36.8 Å². The van der Waals surface area contributed by atoms with E-state index in [0.717, 1.165) is 27.7 Å². The maximum Gasteiger partial charge on any atom is 0.222 e. The van der Waals surface area contributed by atoms with E-state index in [1.165, 1.54) is 0 Å². The number of rotatable bonds is 6. The number of H-pyrrole nitrogens is 1. The van der Waals surface area contributed by atoms with Crippen molar-refractivity contribution >= 4 is 28.6 Å². The summed E-state index contributed by atoms with van der Waals surface area (Å²) in [6.07, 6.45) is 9.58. The highest BCUT2D eigenvalue weighted by Crippen LogP contribution is 2.22. The van der Waals surface area contributed by atoms with Crippen molar-refractivity contribution in [1.82, 2.24) is 24.9 Å². The van der Waals surface area contributed by atoms with Crippen LogP contribution in [0.2, 0.25) is 5.02 Å². The zero-order chi connectivity index (χ0) is 18.6. The molecule has 0 aliphatic rings. The minimum absolute atomic E-state index is 0.531. The summed E-state index contributed by atoms with van der Waals surface area (Å²) < 4.78 is 5.25. The van der Waals surface area contributed by atoms with Crippen LogP contribution in [-0.2, 0) is 13.0 Å². The fourth-order valence-corrected chi connectivity index (χ4v) is 3.01. The number of nitrogens with zero attached hydrogens (tertiary/aromatic N) is 4. The van der Waals surface area contributed by atoms with Crippen LogP contribution in [0.1, 0.15) is 16.7 Å². The number of halogens is 1. The summed E-state index contributed by atoms with van der Waals surface area (Å²) in [5, 5.41) is 4.81. The van der Waals surface area contributed by atoms with Crippen molar-refractivity contribution in [3.05, 3.63) is 70.9 Å². The van der Waals surface area contributed by atoms with Gasteiger partial charge in [0.2, 0.25) is 11.8 Å². The van der Waals surface area contributed by atoms with Gasteiger partial charge in [0.25, 0.3) is 0 Å². The third-order valence-corrected chi connectivity index (χ3v) is 4.37. The van der Waals surface area contributed by atoms with E-state index in [9.17, 15) is 0 Å². The number of anilines is 1. The van der Waals surface area contributed by atoms with Gasteiger partial charge in [-0.2, -0.15) is 0 Å². The number of ether oxygens (including phenoxy) is 1. The summed E-state index contributed by atoms with van der Waals surface area (Å²) >= 11 is 6.06. The molecule has 136 valence electrons. The second-order valence-corrected chi connectivity index (χ2v) is 6.42. The number of hydrogen-bond donors (Lipinski definition) is 2. The van der Waals surface area contributed by atoms with Crippen molar-refractivity contribution in [2.24, 2.45) is 0 Å². The van der Waals surface area contributed by atoms with Gasteiger partial charge in [-0.25, -0.2) is 19.9 Å². The summed E-state index contributed by atoms with van der Waals surface area (Å²) in [5.41, 5.74) is 3.86. The fourth-order valence-electron chi connectivity index (χ4n) is 2.85. The minimum atomic E-state index is 0.531. The molecule has 0 aromatic carbocycles. The van der Waals surface area contributed by atoms with Crippen molar-refractivity contribution in [2.45, 2.75) is 13.0 Å². The third-order valence-electron chi connectivity index (χ3n) is 4.16. The highest BCUT2D eigenvalue weighted by molar-refractivity contribution is 6.31. The monoisotopic (exact) mass is 380 g/mol. The zero-order valence-electron chi connectivity index (χ0n) is 14.6. The Bertz CT molecular complexity index is 1060. The number of pyridine rings is 2. The molecule has 0 saturated heterocycles. The largest absolute Gasteiger partial charge is 0.481 e. The van der Waals surface area contributed by atoms with Crippen LogP contribution in [0, 0.1) is 0 Å². The number of nitrogens with one attached hydrogen (secondary N) is 2. The Morgan fingerprint density at radius 3 is 2.78 bits per heavy atom. The van der Waals surface area contributed by atoms with Crippen LogP contribution in [0.15, 0.2) is 49.2 Å². The van der Waals surface area contributed by atoms with Gasteiger partial charge in [0.1, 0.15) is 5.65 Å². The molecule has 0 amide bonds. The minimum Gasteiger partial charge on any atom is -0.481 e. The van der Waals surface area contributed by atoms with Crippen molar-refractivity contribution < 1.29 is 4.74 Å². The van der Waals surface area contributed by atoms with Crippen molar-refractivity contribution in [2.75, 3.05) is 12.4 Å². The van der Waals surface area contributed by atoms with Crippen LogP contribution in [0.3, 0.4) is 0 Å². The molecule has 27 heavy (non-hydrogen) atoms. The molecule has 4 rings (SSSR count). The number of methoxy groups -OCH3 is 1. The summed E-state index contributed by atoms with van der Waals surface area (Å²) in [5.74, 6) is 1.14. The Labute approximate surface area is 160 Å². The fraction of sp³-hybridized carbons (Fsp3) is 0.158. The first-order valence-electron chi connectivity index (χ1n) is 8.37. The van der Waals surface area contributed by atoms with Crippen LogP contribution in [0.25, 0.3) is 11.0 Å². The number of aromatic amines is 1. The number of fused-ring (bicyclic) bond motifs is 1. The second kappa shape index (κ2) is 7.59. The lowest BCUT2D eigenvalue weighted by Crippen LogP contribution is -2.06. The molecule has 0 radical (unpaired) electrons. The number of hydrogen-bond acceptors (Lipinski definition) is 6. The molecular weight excluding hydrogens is 364 g/mol. The highest BCUT2D eigenvalue weighted by atomic mass is 35.5. The molecule has 0 unspecified atom stereocenters. The summed E-state index contributed by atoms with van der Waals surface area (Å²) in [7, 11) is 1.60. The van der Waals surface area contributed by atoms with Crippen molar-refractivity contribution in [3.8, 4) is 5.88 Å². The highest BCUT2D eigenvalue weighted by Gasteiger charge is 2.08. The Kier molecular flexibility index (Phi) is 4.84. The van der Waals surface area contributed by atoms with Crippen LogP contribution < -0.4 is 10.1 Å². The lowest BCUT2D eigenvalue weighted by Gasteiger charge is -2.08. The van der Waals surface area contributed by atoms with E-state index in [-0.39, 0.29) is 0 Å². The molecular formula is C19H17ClN6O. The molecule has 4 aromatic rings. The van der Waals surface area contributed by atoms with E-state index in [2.05, 4.69) is 30.2 Å². The van der Waals surface area contributed by atoms with Gasteiger partial charge in [0.05, 0.1) is 12.1 Å². The summed E-state index contributed by atoms with van der Waals surface area (Å²) in [6.45, 7) is 0.531. The first-order valence-corrected chi connectivity index (χ1v) is 8.75. The molecule has 0 atom stereocenters. The van der Waals surface area contributed by atoms with Crippen LogP contribution >= 0.6 is 11.6 Å². The van der Waals surface area contributed by atoms with Gasteiger partial charge in [-0.05, 0) is 23.3 Å². The summed E-state index contributed by atoms with van der Waals surface area (Å²) in [6, 6.07) is 5.73. The Balaban J connectivity index is 1.45. The predicted octanol–water partition coefficient (Wildman–Crippen LogP) is 3.61. The second-order valence-electron chi connectivity index (χ2n) is 5.98. The molecule has 0 bridgehead atoms. The van der Waals surface area contributed by atoms with E-state index in [4.69, 9.17) is 16.3 Å². The molecule has 7 nitrogen and oxygen atoms in total. The first kappa shape index (κ1) is 17.2. The zero-order valence-corrected chi connectivity index (χ0v) is 15.4. The van der Waals surface area contributed by atoms with E-state index in [0.29, 0.717) is 29.8 Å². The van der Waals surface area contributed by atoms with Gasteiger partial charge in [-0.1, -0.05) is 17.7 Å². The quantitative estimate of drug-likeness (QED) is 0.531. The maximum atomic E-state index is 6.06. The smallest absolute Gasteiger partial charge is 0.222 e. The SMILES string of the molecule is COc1ncccc1CNc1ncc(Cc2c[nH]c3ncc(Cl)cc23)cn1. The van der Waals surface area contributed by atoms with Crippen LogP contribution in [-0.4, -0.2) is 32.0 Å². The third kappa shape index (κ3) is 3.83. The molecule has 2 N–H and O–H groups in total. The molecule has 0 spiro atoms. The lowest BCUT2D eigenvalue weighted by molar-refractivity contribution is 0.393. The Morgan fingerprint density at radius 1 is 1.11 bits per heavy atom. The molecule has 8 heteroatoms. The van der Waals surface area contributed by atoms with Gasteiger partial charge >= 0.3 is 0 Å². The average molecular weight is 381 g/mol. The molecule has 0 aliphatic carbocycles. The van der Waals surface area contributed by atoms with Gasteiger partial charge in [-0.15, -0.1) is 0 Å². The molecule has 4 aromatic heterocycles. The Hall–Kier alpha value is -3.19. The topological polar surface area (TPSA) is 88.6 Å². The van der Waals surface area contributed by atoms with Gasteiger partial charge in [0, 0.05) is 54.9 Å². The molecule has 0 aliphatic heterocycles. The van der Waals surface area contributed by atoms with Crippen molar-refractivity contribution in [1.29, 1.82) is 0 Å². The van der Waals surface area contributed by atoms with Gasteiger partial charge in [0.15, 0.2) is 0 Å². The number of aromatic nitrogens is 5. The van der Waals surface area contributed by atoms with Gasteiger partial charge < -0.3 is 15.0 Å². The van der Waals surface area contributed by atoms with Crippen LogP contribution in [0.5, 0.6) is 5.88 Å². The molecule has 0 fully saturated rings.